The van der Waals surface area contributed by atoms with Gasteiger partial charge < -0.3 is 10.7 Å². The van der Waals surface area contributed by atoms with Gasteiger partial charge in [-0.1, -0.05) is 19.9 Å². The first kappa shape index (κ1) is 16.3. The van der Waals surface area contributed by atoms with Crippen LogP contribution in [0.4, 0.5) is 18.9 Å². The number of hydrazine groups is 1. The van der Waals surface area contributed by atoms with Gasteiger partial charge in [0.25, 0.3) is 5.91 Å². The van der Waals surface area contributed by atoms with Crippen molar-refractivity contribution in [3.05, 3.63) is 29.3 Å². The molecular weight excluding hydrogens is 271 g/mol. The van der Waals surface area contributed by atoms with Gasteiger partial charge in [0.1, 0.15) is 0 Å². The normalized spacial score (nSPS) is 11.6. The van der Waals surface area contributed by atoms with E-state index in [0.717, 1.165) is 12.5 Å². The first-order chi connectivity index (χ1) is 9.27. The van der Waals surface area contributed by atoms with Crippen molar-refractivity contribution in [3.8, 4) is 0 Å². The summed E-state index contributed by atoms with van der Waals surface area (Å²) in [7, 11) is 0. The third kappa shape index (κ3) is 4.12. The van der Waals surface area contributed by atoms with Crippen LogP contribution in [0.15, 0.2) is 18.2 Å². The molecule has 0 aliphatic rings. The van der Waals surface area contributed by atoms with Gasteiger partial charge in [0.05, 0.1) is 16.8 Å². The summed E-state index contributed by atoms with van der Waals surface area (Å²) < 4.78 is 38.4. The Hall–Kier alpha value is -1.76. The Bertz CT molecular complexity index is 472. The summed E-state index contributed by atoms with van der Waals surface area (Å²) >= 11 is 0. The number of para-hydroxylation sites is 1. The van der Waals surface area contributed by atoms with Crippen molar-refractivity contribution in [3.63, 3.8) is 0 Å². The number of rotatable bonds is 5. The van der Waals surface area contributed by atoms with E-state index in [2.05, 4.69) is 5.32 Å². The molecule has 0 aliphatic carbocycles. The van der Waals surface area contributed by atoms with E-state index < -0.39 is 23.3 Å². The number of nitrogens with one attached hydrogen (secondary N) is 2. The number of anilines is 1. The molecule has 0 unspecified atom stereocenters. The van der Waals surface area contributed by atoms with Crippen molar-refractivity contribution < 1.29 is 18.0 Å². The molecular formula is C13H18F3N3O. The molecule has 0 fully saturated rings. The highest BCUT2D eigenvalue weighted by atomic mass is 19.4. The molecule has 1 aromatic carbocycles. The summed E-state index contributed by atoms with van der Waals surface area (Å²) in [6.45, 7) is 4.38. The first-order valence-electron chi connectivity index (χ1n) is 6.22. The Morgan fingerprint density at radius 2 is 2.00 bits per heavy atom. The van der Waals surface area contributed by atoms with Gasteiger partial charge in [-0.3, -0.25) is 10.6 Å². The van der Waals surface area contributed by atoms with Gasteiger partial charge in [-0.25, -0.2) is 0 Å². The third-order valence-corrected chi connectivity index (χ3v) is 2.77. The van der Waals surface area contributed by atoms with Crippen LogP contribution in [0.25, 0.3) is 0 Å². The molecule has 0 aliphatic heterocycles. The largest absolute Gasteiger partial charge is 0.418 e. The fourth-order valence-electron chi connectivity index (χ4n) is 1.70. The predicted molar refractivity (Wildman–Crippen MR) is 71.0 cm³/mol. The van der Waals surface area contributed by atoms with Gasteiger partial charge in [0, 0.05) is 6.54 Å². The Labute approximate surface area is 115 Å². The van der Waals surface area contributed by atoms with Crippen LogP contribution in [0.1, 0.15) is 36.2 Å². The van der Waals surface area contributed by atoms with E-state index in [-0.39, 0.29) is 5.56 Å². The average Bonchev–Trinajstić information content (AvgIpc) is 2.36. The Morgan fingerprint density at radius 3 is 2.50 bits per heavy atom. The van der Waals surface area contributed by atoms with E-state index >= 15 is 0 Å². The van der Waals surface area contributed by atoms with Gasteiger partial charge >= 0.3 is 6.18 Å². The van der Waals surface area contributed by atoms with Crippen LogP contribution in [0.2, 0.25) is 0 Å². The van der Waals surface area contributed by atoms with E-state index in [0.29, 0.717) is 12.5 Å². The highest BCUT2D eigenvalue weighted by molar-refractivity contribution is 6.00. The molecule has 0 saturated carbocycles. The topological polar surface area (TPSA) is 67.2 Å². The highest BCUT2D eigenvalue weighted by Gasteiger charge is 2.35. The molecule has 4 N–H and O–H groups in total. The van der Waals surface area contributed by atoms with E-state index in [1.165, 1.54) is 12.1 Å². The van der Waals surface area contributed by atoms with Crippen LogP contribution >= 0.6 is 0 Å². The number of hydrogen-bond acceptors (Lipinski definition) is 3. The minimum atomic E-state index is -4.57. The SMILES string of the molecule is CC(C)CCNC(=O)c1cccc(C(F)(F)F)c1NN. The number of alkyl halides is 3. The van der Waals surface area contributed by atoms with E-state index in [1.54, 1.807) is 0 Å². The first-order valence-corrected chi connectivity index (χ1v) is 6.22. The number of halogens is 3. The molecule has 0 radical (unpaired) electrons. The van der Waals surface area contributed by atoms with E-state index in [1.807, 2.05) is 19.3 Å². The molecule has 0 spiro atoms. The molecule has 0 saturated heterocycles. The van der Waals surface area contributed by atoms with Crippen molar-refractivity contribution in [1.82, 2.24) is 5.32 Å². The fourth-order valence-corrected chi connectivity index (χ4v) is 1.70. The van der Waals surface area contributed by atoms with E-state index in [4.69, 9.17) is 5.84 Å². The van der Waals surface area contributed by atoms with Gasteiger partial charge in [-0.05, 0) is 24.5 Å². The van der Waals surface area contributed by atoms with Crippen molar-refractivity contribution >= 4 is 11.6 Å². The lowest BCUT2D eigenvalue weighted by atomic mass is 10.1. The minimum absolute atomic E-state index is 0.119. The Kier molecular flexibility index (Phi) is 5.38. The molecule has 0 atom stereocenters. The van der Waals surface area contributed by atoms with Gasteiger partial charge in [0.2, 0.25) is 0 Å². The summed E-state index contributed by atoms with van der Waals surface area (Å²) in [5.41, 5.74) is 0.474. The lowest BCUT2D eigenvalue weighted by molar-refractivity contribution is -0.137. The van der Waals surface area contributed by atoms with E-state index in [9.17, 15) is 18.0 Å². The van der Waals surface area contributed by atoms with Crippen molar-refractivity contribution in [2.24, 2.45) is 11.8 Å². The van der Waals surface area contributed by atoms with Gasteiger partial charge in [0.15, 0.2) is 0 Å². The smallest absolute Gasteiger partial charge is 0.352 e. The van der Waals surface area contributed by atoms with Crippen LogP contribution < -0.4 is 16.6 Å². The van der Waals surface area contributed by atoms with Gasteiger partial charge in [-0.2, -0.15) is 13.2 Å². The van der Waals surface area contributed by atoms with Crippen LogP contribution in [0.5, 0.6) is 0 Å². The summed E-state index contributed by atoms with van der Waals surface area (Å²) in [6.07, 6.45) is -3.83. The minimum Gasteiger partial charge on any atom is -0.352 e. The molecule has 0 bridgehead atoms. The van der Waals surface area contributed by atoms with Crippen LogP contribution in [-0.2, 0) is 6.18 Å². The number of carbonyl (C=O) groups excluding carboxylic acids is 1. The highest BCUT2D eigenvalue weighted by Crippen LogP contribution is 2.36. The molecule has 20 heavy (non-hydrogen) atoms. The summed E-state index contributed by atoms with van der Waals surface area (Å²) in [6, 6.07) is 3.36. The number of carbonyl (C=O) groups is 1. The summed E-state index contributed by atoms with van der Waals surface area (Å²) in [4.78, 5) is 11.9. The fraction of sp³-hybridized carbons (Fsp3) is 0.462. The maximum Gasteiger partial charge on any atom is 0.418 e. The summed E-state index contributed by atoms with van der Waals surface area (Å²) in [5, 5.41) is 2.58. The lowest BCUT2D eigenvalue weighted by Crippen LogP contribution is -2.28. The monoisotopic (exact) mass is 289 g/mol. The van der Waals surface area contributed by atoms with Crippen molar-refractivity contribution in [2.75, 3.05) is 12.0 Å². The van der Waals surface area contributed by atoms with Crippen LogP contribution in [0.3, 0.4) is 0 Å². The number of nitrogens with two attached hydrogens (primary N) is 1. The Morgan fingerprint density at radius 1 is 1.35 bits per heavy atom. The second-order valence-corrected chi connectivity index (χ2v) is 4.81. The molecule has 112 valence electrons. The second kappa shape index (κ2) is 6.60. The van der Waals surface area contributed by atoms with Crippen molar-refractivity contribution in [2.45, 2.75) is 26.4 Å². The quantitative estimate of drug-likeness (QED) is 0.577. The zero-order valence-electron chi connectivity index (χ0n) is 11.3. The third-order valence-electron chi connectivity index (χ3n) is 2.77. The van der Waals surface area contributed by atoms with Crippen molar-refractivity contribution in [1.29, 1.82) is 0 Å². The molecule has 0 heterocycles. The maximum atomic E-state index is 12.8. The second-order valence-electron chi connectivity index (χ2n) is 4.81. The molecule has 7 heteroatoms. The van der Waals surface area contributed by atoms with Crippen LogP contribution in [-0.4, -0.2) is 12.5 Å². The average molecular weight is 289 g/mol. The number of hydrogen-bond donors (Lipinski definition) is 3. The Balaban J connectivity index is 2.97. The zero-order chi connectivity index (χ0) is 15.3. The molecule has 1 rings (SSSR count). The molecule has 4 nitrogen and oxygen atoms in total. The number of amides is 1. The number of nitrogen functional groups attached to an aromatic ring is 1. The molecule has 1 aromatic rings. The maximum absolute atomic E-state index is 12.8. The zero-order valence-corrected chi connectivity index (χ0v) is 11.3. The number of benzene rings is 1. The summed E-state index contributed by atoms with van der Waals surface area (Å²) in [5.74, 6) is 4.95. The standard InChI is InChI=1S/C13H18F3N3O/c1-8(2)6-7-18-12(20)9-4-3-5-10(11(9)19-17)13(14,15)16/h3-5,8,19H,6-7,17H2,1-2H3,(H,18,20). The molecule has 0 aromatic heterocycles. The van der Waals surface area contributed by atoms with Gasteiger partial charge in [-0.15, -0.1) is 0 Å². The predicted octanol–water partition coefficient (Wildman–Crippen LogP) is 2.77. The lowest BCUT2D eigenvalue weighted by Gasteiger charge is -2.16. The van der Waals surface area contributed by atoms with Crippen LogP contribution in [0, 0.1) is 5.92 Å². The molecule has 1 amide bonds.